The number of halogens is 6. The van der Waals surface area contributed by atoms with Gasteiger partial charge >= 0.3 is 22.4 Å². The zero-order valence-electron chi connectivity index (χ0n) is 78.0. The normalized spacial score (nSPS) is 17.5. The molecule has 4 N–H and O–H groups in total. The molecule has 8 aliphatic rings. The minimum Gasteiger partial charge on any atom is -0.493 e. The Morgan fingerprint density at radius 3 is 1.09 bits per heavy atom. The fraction of sp³-hybridized carbons (Fsp3) is 0.455. The molecule has 16 rings (SSSR count). The molecule has 8 fully saturated rings. The summed E-state index contributed by atoms with van der Waals surface area (Å²) in [6, 6.07) is 50.2. The third-order valence-corrected chi connectivity index (χ3v) is 28.6. The molecule has 1 atom stereocenters. The van der Waals surface area contributed by atoms with Crippen molar-refractivity contribution in [2.24, 2.45) is 23.7 Å². The highest BCUT2D eigenvalue weighted by molar-refractivity contribution is 7.91. The monoisotopic (exact) mass is 1990 g/mol. The Labute approximate surface area is 801 Å². The Morgan fingerprint density at radius 1 is 0.370 bits per heavy atom. The van der Waals surface area contributed by atoms with Gasteiger partial charge in [0.15, 0.2) is 23.1 Å². The molecule has 39 heteroatoms. The summed E-state index contributed by atoms with van der Waals surface area (Å²) >= 11 is 0. The maximum atomic E-state index is 15.0. The number of hydrogen-bond acceptors (Lipinski definition) is 22. The molecule has 138 heavy (non-hydrogen) atoms. The summed E-state index contributed by atoms with van der Waals surface area (Å²) in [5, 5.41) is -0.551. The van der Waals surface area contributed by atoms with Crippen molar-refractivity contribution in [1.82, 2.24) is 42.8 Å². The first kappa shape index (κ1) is 104. The Kier molecular flexibility index (Phi) is 33.8. The molecule has 1 unspecified atom stereocenters. The van der Waals surface area contributed by atoms with Crippen LogP contribution in [0, 0.1) is 58.6 Å². The number of nitrogens with zero attached hydrogens (tertiary/aromatic N) is 5. The summed E-state index contributed by atoms with van der Waals surface area (Å²) in [6.07, 6.45) is 9.74. The lowest BCUT2D eigenvalue weighted by Crippen LogP contribution is -2.51. The molecule has 5 aliphatic heterocycles. The van der Waals surface area contributed by atoms with Gasteiger partial charge in [0.2, 0.25) is 30.1 Å². The van der Waals surface area contributed by atoms with Crippen molar-refractivity contribution < 1.29 is 117 Å². The molecule has 0 spiro atoms. The lowest BCUT2D eigenvalue weighted by molar-refractivity contribution is 0.0135. The number of hydrogen-bond donors (Lipinski definition) is 4. The van der Waals surface area contributed by atoms with Gasteiger partial charge < -0.3 is 38.2 Å². The Bertz CT molecular complexity index is 6080. The molecule has 744 valence electrons. The van der Waals surface area contributed by atoms with Crippen molar-refractivity contribution in [3.8, 4) is 23.0 Å². The lowest BCUT2D eigenvalue weighted by Gasteiger charge is -2.44. The second-order valence-corrected chi connectivity index (χ2v) is 45.2. The predicted molar refractivity (Wildman–Crippen MR) is 503 cm³/mol. The van der Waals surface area contributed by atoms with E-state index in [1.807, 2.05) is 54.5 Å². The zero-order chi connectivity index (χ0) is 99.3. The first-order valence-corrected chi connectivity index (χ1v) is 52.8. The van der Waals surface area contributed by atoms with Crippen LogP contribution in [0.1, 0.15) is 217 Å². The van der Waals surface area contributed by atoms with E-state index in [0.717, 1.165) is 107 Å². The van der Waals surface area contributed by atoms with E-state index in [2.05, 4.69) is 107 Å². The highest BCUT2D eigenvalue weighted by Crippen LogP contribution is 2.48. The summed E-state index contributed by atoms with van der Waals surface area (Å²) in [7, 11) is -15.5. The van der Waals surface area contributed by atoms with E-state index in [1.165, 1.54) is 50.8 Å². The molecule has 3 saturated carbocycles. The number of nitrogens with one attached hydrogen (secondary N) is 4. The molecule has 8 aromatic carbocycles. The van der Waals surface area contributed by atoms with E-state index in [0.29, 0.717) is 120 Å². The summed E-state index contributed by atoms with van der Waals surface area (Å²) in [4.78, 5) is 81.1. The van der Waals surface area contributed by atoms with Gasteiger partial charge in [-0.15, -0.1) is 0 Å². The van der Waals surface area contributed by atoms with Gasteiger partial charge in [0.1, 0.15) is 46.0 Å². The standard InChI is InChI=1S/C30H32FN3O4S.C30H31FN2O4S.C20H28F2N2O6S.C19H26F2N2O6S/c31-27-17-28(25(22-12-13-22)16-26(27)30(35)32-39(36,37)34-14-7-15-34)38-20-21-18-33(19-21)29(23-8-3-1-4-9-23)24-10-5-2-6-11-24;31-27-16-28(25(21-11-12-21)15-26(27)30(34)32-38(35,36)24-13-14-24)37-19-20-17-33(18-20)29(22-7-3-1-4-8-22)23-9-5-2-6-10-23;1-20(2,3)30-19(26)24-8-5-13(6-9-24)7-10-29-17-12-15(21)14(11-16(17)22)18(25)23-31(4,27)28;1-19(2,3)29-18(25)23-7-5-6-12(10-23)11-28-16-9-14(20)13(8-15(16)21)17(24)22-30(4,26)27/h1-6,8-11,16-17,21-22,29H,7,12-15,18-20H2,(H,32,35);1-10,15-16,20-21,24,29H,11-14,17-19H2,(H,32,34);11-13H,5-10H2,1-4H3,(H,23,25);8-9,12H,5-7,10-11H2,1-4H3,(H,22,24). The summed E-state index contributed by atoms with van der Waals surface area (Å²) < 4.78 is 222. The van der Waals surface area contributed by atoms with Gasteiger partial charge in [0, 0.05) is 107 Å². The fourth-order valence-corrected chi connectivity index (χ4v) is 20.1. The molecule has 3 aliphatic carbocycles. The number of carbonyl (C=O) groups is 6. The minimum absolute atomic E-state index is 0.0323. The Balaban J connectivity index is 0.000000156. The van der Waals surface area contributed by atoms with Crippen molar-refractivity contribution in [3.05, 3.63) is 260 Å². The van der Waals surface area contributed by atoms with Gasteiger partial charge in [-0.3, -0.25) is 29.0 Å². The number of carbonyl (C=O) groups excluding carboxylic acids is 6. The molecule has 8 aromatic rings. The predicted octanol–water partition coefficient (Wildman–Crippen LogP) is 15.3. The third kappa shape index (κ3) is 29.4. The van der Waals surface area contributed by atoms with Gasteiger partial charge in [-0.2, -0.15) is 12.7 Å². The van der Waals surface area contributed by atoms with Crippen LogP contribution < -0.4 is 37.8 Å². The summed E-state index contributed by atoms with van der Waals surface area (Å²) in [6.45, 7) is 17.9. The molecule has 5 heterocycles. The Morgan fingerprint density at radius 2 is 0.725 bits per heavy atom. The van der Waals surface area contributed by atoms with Gasteiger partial charge in [-0.1, -0.05) is 121 Å². The van der Waals surface area contributed by atoms with Crippen molar-refractivity contribution in [2.45, 2.75) is 159 Å². The zero-order valence-corrected chi connectivity index (χ0v) is 81.3. The topological polar surface area (TPSA) is 359 Å². The molecule has 6 amide bonds. The second-order valence-electron chi connectivity index (χ2n) is 38.1. The van der Waals surface area contributed by atoms with Crippen molar-refractivity contribution >= 4 is 76.1 Å². The van der Waals surface area contributed by atoms with Crippen LogP contribution in [0.2, 0.25) is 0 Å². The van der Waals surface area contributed by atoms with Crippen LogP contribution in [0.25, 0.3) is 0 Å². The van der Waals surface area contributed by atoms with E-state index >= 15 is 4.39 Å². The molecule has 0 radical (unpaired) electrons. The highest BCUT2D eigenvalue weighted by Gasteiger charge is 2.42. The van der Waals surface area contributed by atoms with Crippen LogP contribution in [0.5, 0.6) is 23.0 Å². The van der Waals surface area contributed by atoms with Gasteiger partial charge in [0.05, 0.1) is 78.5 Å². The molecular formula is C99H117F6N9O20S4. The number of piperidine rings is 2. The van der Waals surface area contributed by atoms with E-state index in [9.17, 15) is 84.4 Å². The van der Waals surface area contributed by atoms with Crippen molar-refractivity contribution in [2.75, 3.05) is 104 Å². The SMILES string of the molecule is CC(C)(C)OC(=O)N1CCC(CCOc2cc(F)c(C(=O)NS(C)(=O)=O)cc2F)CC1.CC(C)(C)OC(=O)N1CCCC(COc2cc(F)c(C(=O)NS(C)(=O)=O)cc2F)C1.O=C(NS(=O)(=O)C1CC1)c1cc(C2CC2)c(OCC2CN(C(c3ccccc3)c3ccccc3)C2)cc1F.O=C(NS(=O)(=O)N1CCC1)c1cc(C2CC2)c(OCC2CN(C(c3ccccc3)c3ccccc3)C2)cc1F. The highest BCUT2D eigenvalue weighted by atomic mass is 32.2. The van der Waals surface area contributed by atoms with Crippen LogP contribution in [0.3, 0.4) is 0 Å². The number of rotatable bonds is 31. The molecule has 5 saturated heterocycles. The van der Waals surface area contributed by atoms with Crippen LogP contribution in [-0.2, 0) is 49.8 Å². The third-order valence-electron chi connectivity index (χ3n) is 24.2. The molecule has 0 bridgehead atoms. The second kappa shape index (κ2) is 44.8. The number of amides is 6. The quantitative estimate of drug-likeness (QED) is 0.0293. The van der Waals surface area contributed by atoms with E-state index in [-0.39, 0.29) is 71.9 Å². The van der Waals surface area contributed by atoms with Crippen molar-refractivity contribution in [3.63, 3.8) is 0 Å². The average molecular weight is 2000 g/mol. The lowest BCUT2D eigenvalue weighted by atomic mass is 9.90. The molecular weight excluding hydrogens is 1880 g/mol. The molecule has 0 aromatic heterocycles. The van der Waals surface area contributed by atoms with Crippen LogP contribution in [0.4, 0.5) is 35.9 Å². The number of benzene rings is 8. The number of ether oxygens (including phenoxy) is 6. The molecule has 29 nitrogen and oxygen atoms in total. The minimum atomic E-state index is -3.95. The van der Waals surface area contributed by atoms with E-state index < -0.39 is 138 Å². The average Bonchev–Trinajstić information content (AvgIpc) is 1.73. The van der Waals surface area contributed by atoms with Gasteiger partial charge in [-0.25, -0.2) is 80.1 Å². The maximum absolute atomic E-state index is 15.0. The Hall–Kier alpha value is -11.4. The van der Waals surface area contributed by atoms with E-state index in [4.69, 9.17) is 28.4 Å². The first-order valence-electron chi connectivity index (χ1n) is 46.0. The van der Waals surface area contributed by atoms with Crippen LogP contribution >= 0.6 is 0 Å². The maximum Gasteiger partial charge on any atom is 0.410 e. The van der Waals surface area contributed by atoms with Crippen LogP contribution in [0.15, 0.2) is 170 Å². The number of sulfonamides is 3. The largest absolute Gasteiger partial charge is 0.493 e. The summed E-state index contributed by atoms with van der Waals surface area (Å²) in [5.41, 5.74) is 3.36. The fourth-order valence-electron chi connectivity index (χ4n) is 16.7. The first-order chi connectivity index (χ1) is 65.3. The van der Waals surface area contributed by atoms with E-state index in [1.54, 1.807) is 40.0 Å². The summed E-state index contributed by atoms with van der Waals surface area (Å²) in [5.74, 6) is -8.88. The van der Waals surface area contributed by atoms with Crippen LogP contribution in [-0.4, -0.2) is 214 Å². The van der Waals surface area contributed by atoms with Gasteiger partial charge in [-0.05, 0) is 194 Å². The smallest absolute Gasteiger partial charge is 0.410 e. The number of likely N-dealkylation sites (tertiary alicyclic amines) is 4. The van der Waals surface area contributed by atoms with Gasteiger partial charge in [0.25, 0.3) is 23.6 Å². The van der Waals surface area contributed by atoms with Crippen molar-refractivity contribution in [1.29, 1.82) is 0 Å².